The van der Waals surface area contributed by atoms with Crippen molar-refractivity contribution < 1.29 is 14.6 Å². The van der Waals surface area contributed by atoms with Crippen molar-refractivity contribution >= 4 is 21.9 Å². The number of fused-ring (bicyclic) bond motifs is 1. The van der Waals surface area contributed by atoms with Crippen molar-refractivity contribution in [1.29, 1.82) is 0 Å². The first kappa shape index (κ1) is 14.3. The van der Waals surface area contributed by atoms with E-state index in [1.165, 1.54) is 5.56 Å². The van der Waals surface area contributed by atoms with Crippen LogP contribution in [0.5, 0.6) is 5.75 Å². The number of carboxylic acids is 1. The lowest BCUT2D eigenvalue weighted by Gasteiger charge is -2.17. The lowest BCUT2D eigenvalue weighted by molar-refractivity contribution is -0.139. The highest BCUT2D eigenvalue weighted by Gasteiger charge is 2.25. The van der Waals surface area contributed by atoms with Crippen LogP contribution in [0.15, 0.2) is 22.7 Å². The standard InChI is InChI=1S/C14H18BrNO3/c1-2-3-12(14(17)18)16-8-11-7-9-6-10(15)4-5-13(9)19-11/h4-6,11-12,16H,2-3,7-8H2,1H3,(H,17,18). The van der Waals surface area contributed by atoms with Gasteiger partial charge in [-0.2, -0.15) is 0 Å². The minimum absolute atomic E-state index is 0.0167. The predicted molar refractivity (Wildman–Crippen MR) is 76.6 cm³/mol. The van der Waals surface area contributed by atoms with Gasteiger partial charge in [-0.05, 0) is 30.2 Å². The number of ether oxygens (including phenoxy) is 1. The average Bonchev–Trinajstić information content (AvgIpc) is 2.75. The van der Waals surface area contributed by atoms with Crippen molar-refractivity contribution in [3.05, 3.63) is 28.2 Å². The normalized spacial score (nSPS) is 18.7. The Kier molecular flexibility index (Phi) is 4.82. The van der Waals surface area contributed by atoms with Gasteiger partial charge in [0.15, 0.2) is 0 Å². The van der Waals surface area contributed by atoms with E-state index in [9.17, 15) is 4.79 Å². The van der Waals surface area contributed by atoms with Crippen LogP contribution in [0.25, 0.3) is 0 Å². The van der Waals surface area contributed by atoms with Gasteiger partial charge >= 0.3 is 5.97 Å². The maximum absolute atomic E-state index is 11.0. The van der Waals surface area contributed by atoms with E-state index in [4.69, 9.17) is 9.84 Å². The topological polar surface area (TPSA) is 58.6 Å². The zero-order chi connectivity index (χ0) is 13.8. The largest absolute Gasteiger partial charge is 0.488 e. The lowest BCUT2D eigenvalue weighted by Crippen LogP contribution is -2.42. The van der Waals surface area contributed by atoms with E-state index in [1.54, 1.807) is 0 Å². The summed E-state index contributed by atoms with van der Waals surface area (Å²) in [6.07, 6.45) is 2.33. The predicted octanol–water partition coefficient (Wildman–Crippen LogP) is 2.60. The molecule has 2 atom stereocenters. The Morgan fingerprint density at radius 3 is 3.11 bits per heavy atom. The van der Waals surface area contributed by atoms with Crippen LogP contribution in [0.3, 0.4) is 0 Å². The molecule has 19 heavy (non-hydrogen) atoms. The van der Waals surface area contributed by atoms with Crippen molar-refractivity contribution in [3.63, 3.8) is 0 Å². The fourth-order valence-corrected chi connectivity index (χ4v) is 2.69. The summed E-state index contributed by atoms with van der Waals surface area (Å²) >= 11 is 3.44. The Morgan fingerprint density at radius 2 is 2.42 bits per heavy atom. The number of carboxylic acid groups (broad SMARTS) is 1. The fraction of sp³-hybridized carbons (Fsp3) is 0.500. The van der Waals surface area contributed by atoms with E-state index in [0.717, 1.165) is 23.1 Å². The number of hydrogen-bond donors (Lipinski definition) is 2. The maximum atomic E-state index is 11.0. The van der Waals surface area contributed by atoms with E-state index in [0.29, 0.717) is 13.0 Å². The van der Waals surface area contributed by atoms with Crippen LogP contribution < -0.4 is 10.1 Å². The van der Waals surface area contributed by atoms with Gasteiger partial charge in [0, 0.05) is 17.4 Å². The minimum atomic E-state index is -0.792. The highest BCUT2D eigenvalue weighted by atomic mass is 79.9. The molecule has 0 aliphatic carbocycles. The molecule has 0 bridgehead atoms. The summed E-state index contributed by atoms with van der Waals surface area (Å²) in [6, 6.07) is 5.46. The second-order valence-electron chi connectivity index (χ2n) is 4.78. The molecule has 0 radical (unpaired) electrons. The Balaban J connectivity index is 1.88. The van der Waals surface area contributed by atoms with Gasteiger partial charge < -0.3 is 15.2 Å². The number of benzene rings is 1. The van der Waals surface area contributed by atoms with Gasteiger partial charge in [0.25, 0.3) is 0 Å². The van der Waals surface area contributed by atoms with Crippen LogP contribution in [0.1, 0.15) is 25.3 Å². The molecule has 1 aromatic carbocycles. The fourth-order valence-electron chi connectivity index (χ4n) is 2.28. The van der Waals surface area contributed by atoms with Crippen molar-refractivity contribution in [2.75, 3.05) is 6.54 Å². The van der Waals surface area contributed by atoms with Crippen LogP contribution in [0.2, 0.25) is 0 Å². The molecule has 2 unspecified atom stereocenters. The zero-order valence-electron chi connectivity index (χ0n) is 10.9. The summed E-state index contributed by atoms with van der Waals surface area (Å²) in [5.74, 6) is 0.109. The summed E-state index contributed by atoms with van der Waals surface area (Å²) < 4.78 is 6.83. The number of nitrogens with one attached hydrogen (secondary N) is 1. The first-order valence-electron chi connectivity index (χ1n) is 6.51. The molecular weight excluding hydrogens is 310 g/mol. The second-order valence-corrected chi connectivity index (χ2v) is 5.70. The van der Waals surface area contributed by atoms with Crippen molar-refractivity contribution in [2.45, 2.75) is 38.3 Å². The summed E-state index contributed by atoms with van der Waals surface area (Å²) in [7, 11) is 0. The molecular formula is C14H18BrNO3. The van der Waals surface area contributed by atoms with Crippen LogP contribution in [-0.4, -0.2) is 29.8 Å². The van der Waals surface area contributed by atoms with Gasteiger partial charge in [-0.1, -0.05) is 29.3 Å². The Hall–Kier alpha value is -1.07. The number of carbonyl (C=O) groups is 1. The Morgan fingerprint density at radius 1 is 1.63 bits per heavy atom. The first-order chi connectivity index (χ1) is 9.10. The molecule has 0 spiro atoms. The molecule has 1 aromatic rings. The molecule has 104 valence electrons. The second kappa shape index (κ2) is 6.39. The third kappa shape index (κ3) is 3.70. The van der Waals surface area contributed by atoms with Gasteiger partial charge in [-0.3, -0.25) is 4.79 Å². The molecule has 0 fully saturated rings. The summed E-state index contributed by atoms with van der Waals surface area (Å²) in [4.78, 5) is 11.0. The van der Waals surface area contributed by atoms with Crippen LogP contribution in [0, 0.1) is 0 Å². The van der Waals surface area contributed by atoms with E-state index in [1.807, 2.05) is 19.1 Å². The smallest absolute Gasteiger partial charge is 0.320 e. The highest BCUT2D eigenvalue weighted by Crippen LogP contribution is 2.30. The van der Waals surface area contributed by atoms with E-state index in [2.05, 4.69) is 27.3 Å². The summed E-state index contributed by atoms with van der Waals surface area (Å²) in [6.45, 7) is 2.54. The number of rotatable bonds is 6. The molecule has 1 aliphatic rings. The van der Waals surface area contributed by atoms with Crippen molar-refractivity contribution in [1.82, 2.24) is 5.32 Å². The van der Waals surface area contributed by atoms with E-state index >= 15 is 0 Å². The maximum Gasteiger partial charge on any atom is 0.320 e. The first-order valence-corrected chi connectivity index (χ1v) is 7.30. The molecule has 4 nitrogen and oxygen atoms in total. The molecule has 1 heterocycles. The third-order valence-electron chi connectivity index (χ3n) is 3.23. The molecule has 0 aromatic heterocycles. The Labute approximate surface area is 121 Å². The van der Waals surface area contributed by atoms with Gasteiger partial charge in [0.05, 0.1) is 0 Å². The Bertz CT molecular complexity index is 464. The molecule has 2 N–H and O–H groups in total. The number of hydrogen-bond acceptors (Lipinski definition) is 3. The van der Waals surface area contributed by atoms with Gasteiger partial charge in [-0.15, -0.1) is 0 Å². The van der Waals surface area contributed by atoms with Crippen molar-refractivity contribution in [3.8, 4) is 5.75 Å². The van der Waals surface area contributed by atoms with E-state index < -0.39 is 12.0 Å². The molecule has 1 aliphatic heterocycles. The number of halogens is 1. The van der Waals surface area contributed by atoms with E-state index in [-0.39, 0.29) is 6.10 Å². The zero-order valence-corrected chi connectivity index (χ0v) is 12.4. The van der Waals surface area contributed by atoms with Crippen LogP contribution in [0.4, 0.5) is 0 Å². The molecule has 0 amide bonds. The van der Waals surface area contributed by atoms with Crippen LogP contribution >= 0.6 is 15.9 Å². The van der Waals surface area contributed by atoms with Crippen LogP contribution in [-0.2, 0) is 11.2 Å². The monoisotopic (exact) mass is 327 g/mol. The molecule has 0 saturated carbocycles. The summed E-state index contributed by atoms with van der Waals surface area (Å²) in [5, 5.41) is 12.2. The number of aliphatic carboxylic acids is 1. The lowest BCUT2D eigenvalue weighted by atomic mass is 10.1. The minimum Gasteiger partial charge on any atom is -0.488 e. The molecule has 2 rings (SSSR count). The quantitative estimate of drug-likeness (QED) is 0.843. The third-order valence-corrected chi connectivity index (χ3v) is 3.72. The summed E-state index contributed by atoms with van der Waals surface area (Å²) in [5.41, 5.74) is 1.17. The highest BCUT2D eigenvalue weighted by molar-refractivity contribution is 9.10. The van der Waals surface area contributed by atoms with Gasteiger partial charge in [-0.25, -0.2) is 0 Å². The average molecular weight is 328 g/mol. The van der Waals surface area contributed by atoms with Crippen molar-refractivity contribution in [2.24, 2.45) is 0 Å². The molecule has 0 saturated heterocycles. The van der Waals surface area contributed by atoms with Gasteiger partial charge in [0.1, 0.15) is 17.9 Å². The SMILES string of the molecule is CCCC(NCC1Cc2cc(Br)ccc2O1)C(=O)O. The molecule has 5 heteroatoms. The van der Waals surface area contributed by atoms with Gasteiger partial charge in [0.2, 0.25) is 0 Å².